The van der Waals surface area contributed by atoms with Crippen LogP contribution in [0.15, 0.2) is 54.6 Å². The normalized spacial score (nSPS) is 20.6. The maximum Gasteiger partial charge on any atom is 0.325 e. The third-order valence-electron chi connectivity index (χ3n) is 6.10. The molecule has 6 nitrogen and oxygen atoms in total. The zero-order valence-corrected chi connectivity index (χ0v) is 17.5. The lowest BCUT2D eigenvalue weighted by molar-refractivity contribution is -0.139. The van der Waals surface area contributed by atoms with Crippen LogP contribution in [0.1, 0.15) is 37.3 Å². The molecule has 2 aromatic carbocycles. The molecule has 1 aliphatic heterocycles. The average Bonchev–Trinajstić information content (AvgIpc) is 3.57. The van der Waals surface area contributed by atoms with E-state index >= 15 is 0 Å². The van der Waals surface area contributed by atoms with E-state index in [0.717, 1.165) is 23.3 Å². The molecular formula is C24H26FN3O3. The molecule has 0 radical (unpaired) electrons. The average molecular weight is 423 g/mol. The molecule has 2 aliphatic rings. The molecule has 1 heterocycles. The van der Waals surface area contributed by atoms with E-state index in [0.29, 0.717) is 24.9 Å². The SMILES string of the molecule is CCC1(c2ccccc2)NC(=O)N(CC(=O)N(CCc2cccc(F)c2)C2CC2)C1=O. The van der Waals surface area contributed by atoms with Gasteiger partial charge in [0.1, 0.15) is 17.9 Å². The number of hydrogen-bond donors (Lipinski definition) is 1. The third-order valence-corrected chi connectivity index (χ3v) is 6.10. The van der Waals surface area contributed by atoms with Crippen LogP contribution in [-0.4, -0.2) is 46.8 Å². The van der Waals surface area contributed by atoms with Crippen molar-refractivity contribution in [2.75, 3.05) is 13.1 Å². The van der Waals surface area contributed by atoms with Crippen molar-refractivity contribution in [1.82, 2.24) is 15.1 Å². The molecule has 0 aromatic heterocycles. The Labute approximate surface area is 181 Å². The number of amides is 4. The first-order valence-corrected chi connectivity index (χ1v) is 10.7. The Balaban J connectivity index is 1.47. The van der Waals surface area contributed by atoms with Gasteiger partial charge in [-0.15, -0.1) is 0 Å². The third kappa shape index (κ3) is 4.17. The minimum absolute atomic E-state index is 0.117. The van der Waals surface area contributed by atoms with Crippen molar-refractivity contribution in [3.05, 3.63) is 71.5 Å². The van der Waals surface area contributed by atoms with Gasteiger partial charge in [-0.3, -0.25) is 14.5 Å². The summed E-state index contributed by atoms with van der Waals surface area (Å²) in [5, 5.41) is 2.81. The molecule has 0 bridgehead atoms. The number of rotatable bonds is 8. The van der Waals surface area contributed by atoms with Gasteiger partial charge in [-0.1, -0.05) is 49.4 Å². The monoisotopic (exact) mass is 423 g/mol. The second kappa shape index (κ2) is 8.49. The Morgan fingerprint density at radius 2 is 1.90 bits per heavy atom. The second-order valence-corrected chi connectivity index (χ2v) is 8.14. The summed E-state index contributed by atoms with van der Waals surface area (Å²) in [5.41, 5.74) is 0.364. The van der Waals surface area contributed by atoms with Gasteiger partial charge < -0.3 is 10.2 Å². The van der Waals surface area contributed by atoms with Crippen LogP contribution in [0.25, 0.3) is 0 Å². The zero-order valence-electron chi connectivity index (χ0n) is 17.5. The molecule has 1 N–H and O–H groups in total. The van der Waals surface area contributed by atoms with Gasteiger partial charge in [0.05, 0.1) is 0 Å². The van der Waals surface area contributed by atoms with Gasteiger partial charge in [0, 0.05) is 12.6 Å². The Morgan fingerprint density at radius 3 is 2.55 bits per heavy atom. The maximum absolute atomic E-state index is 13.5. The van der Waals surface area contributed by atoms with Crippen LogP contribution in [0.3, 0.4) is 0 Å². The highest BCUT2D eigenvalue weighted by molar-refractivity contribution is 6.09. The van der Waals surface area contributed by atoms with Crippen LogP contribution in [0.4, 0.5) is 9.18 Å². The molecule has 4 amide bonds. The van der Waals surface area contributed by atoms with Gasteiger partial charge in [-0.25, -0.2) is 9.18 Å². The van der Waals surface area contributed by atoms with Gasteiger partial charge in [0.25, 0.3) is 5.91 Å². The fraction of sp³-hybridized carbons (Fsp3) is 0.375. The van der Waals surface area contributed by atoms with E-state index in [-0.39, 0.29) is 24.3 Å². The lowest BCUT2D eigenvalue weighted by Gasteiger charge is -2.27. The minimum Gasteiger partial charge on any atom is -0.338 e. The highest BCUT2D eigenvalue weighted by Gasteiger charge is 2.52. The topological polar surface area (TPSA) is 69.7 Å². The van der Waals surface area contributed by atoms with Gasteiger partial charge in [0.15, 0.2) is 0 Å². The number of imide groups is 1. The molecule has 4 rings (SSSR count). The highest BCUT2D eigenvalue weighted by atomic mass is 19.1. The van der Waals surface area contributed by atoms with Crippen LogP contribution >= 0.6 is 0 Å². The fourth-order valence-corrected chi connectivity index (χ4v) is 4.20. The molecule has 2 aromatic rings. The van der Waals surface area contributed by atoms with E-state index in [1.807, 2.05) is 43.3 Å². The Hall–Kier alpha value is -3.22. The van der Waals surface area contributed by atoms with Crippen LogP contribution in [0.2, 0.25) is 0 Å². The van der Waals surface area contributed by atoms with Crippen molar-refractivity contribution in [3.8, 4) is 0 Å². The molecule has 2 fully saturated rings. The summed E-state index contributed by atoms with van der Waals surface area (Å²) >= 11 is 0. The predicted octanol–water partition coefficient (Wildman–Crippen LogP) is 3.22. The van der Waals surface area contributed by atoms with Crippen molar-refractivity contribution >= 4 is 17.8 Å². The van der Waals surface area contributed by atoms with Crippen LogP contribution in [-0.2, 0) is 21.5 Å². The van der Waals surface area contributed by atoms with E-state index in [4.69, 9.17) is 0 Å². The Morgan fingerprint density at radius 1 is 1.16 bits per heavy atom. The van der Waals surface area contributed by atoms with E-state index < -0.39 is 17.5 Å². The summed E-state index contributed by atoms with van der Waals surface area (Å²) in [4.78, 5) is 41.8. The number of carbonyl (C=O) groups excluding carboxylic acids is 3. The smallest absolute Gasteiger partial charge is 0.325 e. The maximum atomic E-state index is 13.5. The Bertz CT molecular complexity index is 993. The number of halogens is 1. The molecule has 0 spiro atoms. The summed E-state index contributed by atoms with van der Waals surface area (Å²) in [6, 6.07) is 15.0. The number of urea groups is 1. The largest absolute Gasteiger partial charge is 0.338 e. The van der Waals surface area contributed by atoms with Crippen LogP contribution in [0.5, 0.6) is 0 Å². The standard InChI is InChI=1S/C24H26FN3O3/c1-2-24(18-8-4-3-5-9-18)22(30)28(23(31)26-24)16-21(29)27(20-11-12-20)14-13-17-7-6-10-19(25)15-17/h3-10,15,20H,2,11-14,16H2,1H3,(H,26,31). The fourth-order valence-electron chi connectivity index (χ4n) is 4.20. The molecule has 1 saturated carbocycles. The number of benzene rings is 2. The molecule has 1 atom stereocenters. The van der Waals surface area contributed by atoms with Crippen molar-refractivity contribution in [1.29, 1.82) is 0 Å². The zero-order chi connectivity index (χ0) is 22.0. The predicted molar refractivity (Wildman–Crippen MR) is 113 cm³/mol. The van der Waals surface area contributed by atoms with E-state index in [2.05, 4.69) is 5.32 Å². The Kier molecular flexibility index (Phi) is 5.76. The molecule has 1 unspecified atom stereocenters. The highest BCUT2D eigenvalue weighted by Crippen LogP contribution is 2.33. The first-order chi connectivity index (χ1) is 14.9. The summed E-state index contributed by atoms with van der Waals surface area (Å²) in [6.07, 6.45) is 2.71. The van der Waals surface area contributed by atoms with E-state index in [1.165, 1.54) is 12.1 Å². The summed E-state index contributed by atoms with van der Waals surface area (Å²) in [6.45, 7) is 1.97. The van der Waals surface area contributed by atoms with Crippen molar-refractivity contribution in [3.63, 3.8) is 0 Å². The molecule has 7 heteroatoms. The lowest BCUT2D eigenvalue weighted by atomic mass is 9.87. The molecule has 162 valence electrons. The van der Waals surface area contributed by atoms with Crippen LogP contribution in [0, 0.1) is 5.82 Å². The van der Waals surface area contributed by atoms with Crippen molar-refractivity contribution in [2.24, 2.45) is 0 Å². The number of carbonyl (C=O) groups is 3. The second-order valence-electron chi connectivity index (χ2n) is 8.14. The van der Waals surface area contributed by atoms with Crippen molar-refractivity contribution in [2.45, 2.75) is 44.2 Å². The van der Waals surface area contributed by atoms with Gasteiger partial charge >= 0.3 is 6.03 Å². The summed E-state index contributed by atoms with van der Waals surface area (Å²) in [7, 11) is 0. The van der Waals surface area contributed by atoms with E-state index in [9.17, 15) is 18.8 Å². The summed E-state index contributed by atoms with van der Waals surface area (Å²) < 4.78 is 13.5. The molecule has 1 aliphatic carbocycles. The van der Waals surface area contributed by atoms with Gasteiger partial charge in [-0.05, 0) is 48.9 Å². The quantitative estimate of drug-likeness (QED) is 0.663. The molecular weight excluding hydrogens is 397 g/mol. The summed E-state index contributed by atoms with van der Waals surface area (Å²) in [5.74, 6) is -0.972. The number of hydrogen-bond acceptors (Lipinski definition) is 3. The van der Waals surface area contributed by atoms with Crippen molar-refractivity contribution < 1.29 is 18.8 Å². The number of nitrogens with zero attached hydrogens (tertiary/aromatic N) is 2. The molecule has 1 saturated heterocycles. The molecule has 31 heavy (non-hydrogen) atoms. The first kappa shape index (κ1) is 21.0. The minimum atomic E-state index is -1.15. The van der Waals surface area contributed by atoms with E-state index in [1.54, 1.807) is 11.0 Å². The van der Waals surface area contributed by atoms with Gasteiger partial charge in [0.2, 0.25) is 5.91 Å². The van der Waals surface area contributed by atoms with Gasteiger partial charge in [-0.2, -0.15) is 0 Å². The first-order valence-electron chi connectivity index (χ1n) is 10.7. The lowest BCUT2D eigenvalue weighted by Crippen LogP contribution is -2.46. The number of nitrogens with one attached hydrogen (secondary N) is 1. The van der Waals surface area contributed by atoms with Crippen LogP contribution < -0.4 is 5.32 Å².